The summed E-state index contributed by atoms with van der Waals surface area (Å²) in [6.07, 6.45) is -0.789. The lowest BCUT2D eigenvalue weighted by Crippen LogP contribution is -2.61. The summed E-state index contributed by atoms with van der Waals surface area (Å²) in [7, 11) is 0. The molecule has 4 aromatic carbocycles. The number of hydrogen-bond acceptors (Lipinski definition) is 7. The second-order valence-electron chi connectivity index (χ2n) is 10.1. The lowest BCUT2D eigenvalue weighted by molar-refractivity contribution is -0.307. The second-order valence-corrected chi connectivity index (χ2v) is 10.6. The minimum absolute atomic E-state index is 0.305. The Morgan fingerprint density at radius 1 is 0.524 bits per heavy atom. The van der Waals surface area contributed by atoms with Crippen LogP contribution in [0.4, 0.5) is 0 Å². The van der Waals surface area contributed by atoms with Gasteiger partial charge < -0.3 is 23.7 Å². The van der Waals surface area contributed by atoms with Crippen molar-refractivity contribution in [3.05, 3.63) is 144 Å². The van der Waals surface area contributed by atoms with Crippen molar-refractivity contribution in [2.45, 2.75) is 57.1 Å². The van der Waals surface area contributed by atoms with Gasteiger partial charge in [0.2, 0.25) is 0 Å². The molecule has 6 nitrogen and oxygen atoms in total. The van der Waals surface area contributed by atoms with Crippen molar-refractivity contribution in [2.75, 3.05) is 12.9 Å². The lowest BCUT2D eigenvalue weighted by atomic mass is 9.98. The third-order valence-corrected chi connectivity index (χ3v) is 7.41. The van der Waals surface area contributed by atoms with E-state index in [4.69, 9.17) is 27.9 Å². The zero-order valence-corrected chi connectivity index (χ0v) is 24.6. The molecule has 7 heteroatoms. The van der Waals surface area contributed by atoms with E-state index in [-0.39, 0.29) is 0 Å². The molecule has 0 saturated carbocycles. The highest BCUT2D eigenvalue weighted by molar-refractivity contribution is 7.93. The summed E-state index contributed by atoms with van der Waals surface area (Å²) in [6.45, 7) is 1.94. The van der Waals surface area contributed by atoms with Crippen LogP contribution in [0.25, 0.3) is 0 Å². The molecule has 1 fully saturated rings. The number of benzene rings is 4. The number of hydrogen-bond donors (Lipinski definition) is 0. The van der Waals surface area contributed by atoms with Crippen LogP contribution in [0.5, 0.6) is 0 Å². The van der Waals surface area contributed by atoms with E-state index in [1.54, 1.807) is 0 Å². The zero-order chi connectivity index (χ0) is 28.8. The largest absolute Gasteiger partial charge is 0.374 e. The van der Waals surface area contributed by atoms with Crippen LogP contribution < -0.4 is 0 Å². The predicted molar refractivity (Wildman–Crippen MR) is 164 cm³/mol. The Kier molecular flexibility index (Phi) is 12.0. The first-order chi connectivity index (χ1) is 20.8. The topological polar surface area (TPSA) is 55.4 Å². The number of rotatable bonds is 15. The van der Waals surface area contributed by atoms with Crippen LogP contribution in [0.3, 0.4) is 0 Å². The van der Waals surface area contributed by atoms with Crippen LogP contribution in [0, 0.1) is 0 Å². The monoisotopic (exact) mass is 586 g/mol. The highest BCUT2D eigenvalue weighted by Gasteiger charge is 2.49. The van der Waals surface area contributed by atoms with Gasteiger partial charge in [-0.05, 0) is 34.3 Å². The van der Waals surface area contributed by atoms with E-state index < -0.39 is 30.7 Å². The van der Waals surface area contributed by atoms with Crippen molar-refractivity contribution in [3.8, 4) is 0 Å². The van der Waals surface area contributed by atoms with E-state index in [9.17, 15) is 0 Å². The second kappa shape index (κ2) is 16.6. The van der Waals surface area contributed by atoms with Crippen molar-refractivity contribution >= 4 is 12.0 Å². The normalized spacial score (nSPS) is 22.2. The molecule has 1 heterocycles. The summed E-state index contributed by atoms with van der Waals surface area (Å²) in [5.41, 5.74) is 4.27. The average Bonchev–Trinajstić information content (AvgIpc) is 3.05. The van der Waals surface area contributed by atoms with Crippen LogP contribution >= 0.6 is 12.0 Å². The fraction of sp³-hybridized carbons (Fsp3) is 0.314. The molecule has 220 valence electrons. The van der Waals surface area contributed by atoms with Crippen molar-refractivity contribution in [2.24, 2.45) is 0 Å². The van der Waals surface area contributed by atoms with Crippen molar-refractivity contribution in [3.63, 3.8) is 0 Å². The van der Waals surface area contributed by atoms with Gasteiger partial charge in [-0.2, -0.15) is 0 Å². The molecule has 1 aliphatic rings. The summed E-state index contributed by atoms with van der Waals surface area (Å²) in [6, 6.07) is 40.4. The van der Waals surface area contributed by atoms with Crippen LogP contribution in [0.1, 0.15) is 22.3 Å². The highest BCUT2D eigenvalue weighted by Crippen LogP contribution is 2.32. The van der Waals surface area contributed by atoms with Gasteiger partial charge in [-0.25, -0.2) is 0 Å². The van der Waals surface area contributed by atoms with Gasteiger partial charge in [0.05, 0.1) is 33.0 Å². The fourth-order valence-corrected chi connectivity index (χ4v) is 5.26. The van der Waals surface area contributed by atoms with Crippen molar-refractivity contribution in [1.29, 1.82) is 0 Å². The van der Waals surface area contributed by atoms with Gasteiger partial charge in [-0.3, -0.25) is 4.18 Å². The molecule has 0 radical (unpaired) electrons. The molecular weight excluding hydrogens is 548 g/mol. The summed E-state index contributed by atoms with van der Waals surface area (Å²) >= 11 is 1.24. The molecular formula is C35H38O6S. The summed E-state index contributed by atoms with van der Waals surface area (Å²) in [5.74, 6) is 0. The Morgan fingerprint density at radius 2 is 0.929 bits per heavy atom. The van der Waals surface area contributed by atoms with Crippen LogP contribution in [-0.2, 0) is 54.3 Å². The molecule has 1 saturated heterocycles. The van der Waals surface area contributed by atoms with E-state index in [1.165, 1.54) is 12.0 Å². The standard InChI is InChI=1S/C35H38O6S/c1-42-41-35-34(39-25-30-20-12-5-13-21-30)33(38-24-29-18-10-4-11-19-29)32(37-23-28-16-8-3-9-17-28)31(40-35)26-36-22-27-14-6-2-7-15-27/h2-21,31-35H,22-26H2,1H3/t31-,32-,33+,34+,35?/m1/s1. The lowest BCUT2D eigenvalue weighted by Gasteiger charge is -2.45. The Bertz CT molecular complexity index is 1280. The van der Waals surface area contributed by atoms with Crippen molar-refractivity contribution in [1.82, 2.24) is 0 Å². The smallest absolute Gasteiger partial charge is 0.199 e. The molecule has 0 spiro atoms. The minimum atomic E-state index is -0.689. The quantitative estimate of drug-likeness (QED) is 0.139. The molecule has 5 rings (SSSR count). The van der Waals surface area contributed by atoms with E-state index in [2.05, 4.69) is 12.1 Å². The van der Waals surface area contributed by atoms with E-state index in [1.807, 2.05) is 115 Å². The Morgan fingerprint density at radius 3 is 1.38 bits per heavy atom. The summed E-state index contributed by atoms with van der Waals surface area (Å²) in [4.78, 5) is 0. The van der Waals surface area contributed by atoms with E-state index >= 15 is 0 Å². The SMILES string of the molecule is CSOC1O[C@H](COCc2ccccc2)[C@@H](OCc2ccccc2)[C@H](OCc2ccccc2)[C@@H]1OCc1ccccc1. The Labute approximate surface area is 253 Å². The molecule has 0 aliphatic carbocycles. The van der Waals surface area contributed by atoms with Gasteiger partial charge in [0.15, 0.2) is 6.29 Å². The first kappa shape index (κ1) is 30.4. The minimum Gasteiger partial charge on any atom is -0.374 e. The third kappa shape index (κ3) is 8.99. The fourth-order valence-electron chi connectivity index (χ4n) is 4.92. The molecule has 0 aromatic heterocycles. The summed E-state index contributed by atoms with van der Waals surface area (Å²) < 4.78 is 38.6. The zero-order valence-electron chi connectivity index (χ0n) is 23.8. The predicted octanol–water partition coefficient (Wildman–Crippen LogP) is 6.98. The van der Waals surface area contributed by atoms with Gasteiger partial charge in [0.1, 0.15) is 24.4 Å². The van der Waals surface area contributed by atoms with Crippen LogP contribution in [-0.4, -0.2) is 43.6 Å². The van der Waals surface area contributed by atoms with Gasteiger partial charge in [-0.15, -0.1) is 0 Å². The molecule has 42 heavy (non-hydrogen) atoms. The Hall–Kier alpha value is -3.01. The number of ether oxygens (including phenoxy) is 5. The van der Waals surface area contributed by atoms with Gasteiger partial charge in [0, 0.05) is 6.26 Å². The van der Waals surface area contributed by atoms with E-state index in [0.717, 1.165) is 22.3 Å². The molecule has 0 bridgehead atoms. The molecule has 1 aliphatic heterocycles. The molecule has 0 N–H and O–H groups in total. The van der Waals surface area contributed by atoms with Gasteiger partial charge in [0.25, 0.3) is 0 Å². The van der Waals surface area contributed by atoms with Crippen molar-refractivity contribution < 1.29 is 27.9 Å². The van der Waals surface area contributed by atoms with Gasteiger partial charge >= 0.3 is 0 Å². The molecule has 0 amide bonds. The maximum absolute atomic E-state index is 6.67. The van der Waals surface area contributed by atoms with E-state index in [0.29, 0.717) is 33.0 Å². The third-order valence-electron chi connectivity index (χ3n) is 7.03. The maximum atomic E-state index is 6.67. The first-order valence-corrected chi connectivity index (χ1v) is 15.4. The Balaban J connectivity index is 1.40. The summed E-state index contributed by atoms with van der Waals surface area (Å²) in [5, 5.41) is 0. The first-order valence-electron chi connectivity index (χ1n) is 14.2. The molecule has 1 unspecified atom stereocenters. The van der Waals surface area contributed by atoms with Crippen LogP contribution in [0.15, 0.2) is 121 Å². The molecule has 4 aromatic rings. The maximum Gasteiger partial charge on any atom is 0.199 e. The average molecular weight is 587 g/mol. The van der Waals surface area contributed by atoms with Gasteiger partial charge in [-0.1, -0.05) is 121 Å². The molecule has 5 atom stereocenters. The van der Waals surface area contributed by atoms with Crippen LogP contribution in [0.2, 0.25) is 0 Å². The highest BCUT2D eigenvalue weighted by atomic mass is 32.2.